The Bertz CT molecular complexity index is 1300. The molecule has 0 aliphatic carbocycles. The van der Waals surface area contributed by atoms with Gasteiger partial charge in [0.1, 0.15) is 0 Å². The van der Waals surface area contributed by atoms with Gasteiger partial charge in [-0.3, -0.25) is 14.7 Å². The molecule has 202 valence electrons. The largest absolute Gasteiger partial charge is 0.417 e. The summed E-state index contributed by atoms with van der Waals surface area (Å²) in [6.07, 6.45) is 3.22. The Morgan fingerprint density at radius 1 is 1.08 bits per heavy atom. The number of carbonyl (C=O) groups excluding carboxylic acids is 1. The summed E-state index contributed by atoms with van der Waals surface area (Å²) in [5.41, 5.74) is 3.12. The monoisotopic (exact) mass is 527 g/mol. The normalized spacial score (nSPS) is 21.2. The van der Waals surface area contributed by atoms with Crippen molar-refractivity contribution < 1.29 is 22.7 Å². The van der Waals surface area contributed by atoms with Crippen molar-refractivity contribution in [3.8, 4) is 5.82 Å². The van der Waals surface area contributed by atoms with Crippen LogP contribution in [0, 0.1) is 13.8 Å². The van der Waals surface area contributed by atoms with Gasteiger partial charge < -0.3 is 4.74 Å². The lowest BCUT2D eigenvalue weighted by Gasteiger charge is -2.37. The number of Topliss-reactive ketones (excluding diaryl/α,β-unsaturated/α-hetero) is 1. The third-order valence-corrected chi connectivity index (χ3v) is 7.86. The van der Waals surface area contributed by atoms with Crippen molar-refractivity contribution in [2.45, 2.75) is 70.7 Å². The SMILES string of the molecule is Cc1cc(CC(=O)c2cnn(-c3ccc(C(F)(F)F)cn3)c2C)cnc1C1CCN(C2CCOC2C)CC1. The molecule has 2 unspecified atom stereocenters. The molecule has 0 amide bonds. The summed E-state index contributed by atoms with van der Waals surface area (Å²) in [4.78, 5) is 24.3. The van der Waals surface area contributed by atoms with Gasteiger partial charge in [0, 0.05) is 43.1 Å². The molecule has 10 heteroatoms. The molecule has 3 aromatic heterocycles. The minimum Gasteiger partial charge on any atom is -0.377 e. The van der Waals surface area contributed by atoms with E-state index in [1.807, 2.05) is 6.07 Å². The average Bonchev–Trinajstić information content (AvgIpc) is 3.49. The number of aromatic nitrogens is 4. The third kappa shape index (κ3) is 5.37. The Morgan fingerprint density at radius 2 is 1.84 bits per heavy atom. The summed E-state index contributed by atoms with van der Waals surface area (Å²) in [5, 5.41) is 4.20. The van der Waals surface area contributed by atoms with Crippen LogP contribution in [0.25, 0.3) is 5.82 Å². The number of alkyl halides is 3. The summed E-state index contributed by atoms with van der Waals surface area (Å²) in [6.45, 7) is 8.85. The van der Waals surface area contributed by atoms with Gasteiger partial charge in [0.2, 0.25) is 0 Å². The second-order valence-corrected chi connectivity index (χ2v) is 10.3. The van der Waals surface area contributed by atoms with Crippen molar-refractivity contribution in [1.29, 1.82) is 0 Å². The number of ether oxygens (including phenoxy) is 1. The number of hydrogen-bond acceptors (Lipinski definition) is 6. The molecule has 5 heterocycles. The molecule has 38 heavy (non-hydrogen) atoms. The maximum absolute atomic E-state index is 13.1. The van der Waals surface area contributed by atoms with Crippen molar-refractivity contribution >= 4 is 5.78 Å². The lowest BCUT2D eigenvalue weighted by molar-refractivity contribution is -0.137. The molecule has 0 spiro atoms. The van der Waals surface area contributed by atoms with Crippen LogP contribution in [0.15, 0.2) is 36.8 Å². The Morgan fingerprint density at radius 3 is 2.45 bits per heavy atom. The Hall–Kier alpha value is -3.11. The summed E-state index contributed by atoms with van der Waals surface area (Å²) in [6, 6.07) is 4.75. The van der Waals surface area contributed by atoms with E-state index in [-0.39, 0.29) is 18.0 Å². The number of rotatable bonds is 6. The first kappa shape index (κ1) is 26.5. The molecule has 0 saturated carbocycles. The number of hydrogen-bond donors (Lipinski definition) is 0. The Kier molecular flexibility index (Phi) is 7.37. The first-order valence-electron chi connectivity index (χ1n) is 13.0. The molecule has 7 nitrogen and oxygen atoms in total. The van der Waals surface area contributed by atoms with E-state index in [1.165, 1.54) is 16.9 Å². The van der Waals surface area contributed by atoms with Crippen molar-refractivity contribution in [1.82, 2.24) is 24.6 Å². The van der Waals surface area contributed by atoms with Gasteiger partial charge in [-0.25, -0.2) is 9.67 Å². The van der Waals surface area contributed by atoms with Crippen LogP contribution in [0.4, 0.5) is 13.2 Å². The zero-order valence-electron chi connectivity index (χ0n) is 21.8. The van der Waals surface area contributed by atoms with Crippen LogP contribution in [0.1, 0.15) is 70.5 Å². The van der Waals surface area contributed by atoms with Gasteiger partial charge in [-0.2, -0.15) is 18.3 Å². The summed E-state index contributed by atoms with van der Waals surface area (Å²) in [5.74, 6) is 0.499. The van der Waals surface area contributed by atoms with E-state index in [1.54, 1.807) is 13.1 Å². The van der Waals surface area contributed by atoms with Crippen molar-refractivity contribution in [3.63, 3.8) is 0 Å². The molecule has 5 rings (SSSR count). The van der Waals surface area contributed by atoms with E-state index >= 15 is 0 Å². The van der Waals surface area contributed by atoms with Crippen LogP contribution < -0.4 is 0 Å². The quantitative estimate of drug-likeness (QED) is 0.417. The van der Waals surface area contributed by atoms with Crippen LogP contribution in [-0.4, -0.2) is 62.3 Å². The van der Waals surface area contributed by atoms with Gasteiger partial charge in [0.15, 0.2) is 11.6 Å². The number of likely N-dealkylation sites (tertiary alicyclic amines) is 1. The van der Waals surface area contributed by atoms with E-state index < -0.39 is 11.7 Å². The lowest BCUT2D eigenvalue weighted by atomic mass is 9.89. The number of aryl methyl sites for hydroxylation is 1. The summed E-state index contributed by atoms with van der Waals surface area (Å²) >= 11 is 0. The molecule has 2 saturated heterocycles. The van der Waals surface area contributed by atoms with Gasteiger partial charge in [-0.1, -0.05) is 6.07 Å². The maximum Gasteiger partial charge on any atom is 0.417 e. The van der Waals surface area contributed by atoms with Crippen LogP contribution >= 0.6 is 0 Å². The number of pyridine rings is 2. The Labute approximate surface area is 220 Å². The predicted octanol–water partition coefficient (Wildman–Crippen LogP) is 5.08. The highest BCUT2D eigenvalue weighted by Gasteiger charge is 2.33. The number of ketones is 1. The highest BCUT2D eigenvalue weighted by Crippen LogP contribution is 2.32. The third-order valence-electron chi connectivity index (χ3n) is 7.86. The Balaban J connectivity index is 1.23. The van der Waals surface area contributed by atoms with Crippen molar-refractivity contribution in [3.05, 3.63) is 70.4 Å². The molecular weight excluding hydrogens is 495 g/mol. The number of nitrogens with zero attached hydrogens (tertiary/aromatic N) is 5. The summed E-state index contributed by atoms with van der Waals surface area (Å²) < 4.78 is 45.7. The van der Waals surface area contributed by atoms with Crippen molar-refractivity contribution in [2.24, 2.45) is 0 Å². The second-order valence-electron chi connectivity index (χ2n) is 10.3. The molecule has 0 aromatic carbocycles. The molecule has 0 radical (unpaired) electrons. The second kappa shape index (κ2) is 10.6. The minimum atomic E-state index is -4.46. The molecule has 3 aromatic rings. The molecule has 0 N–H and O–H groups in total. The van der Waals surface area contributed by atoms with Gasteiger partial charge in [-0.15, -0.1) is 0 Å². The fourth-order valence-electron chi connectivity index (χ4n) is 5.75. The standard InChI is InChI=1S/C28H32F3N5O2/c1-17-12-20(14-33-27(17)21-6-9-35(10-7-21)24-8-11-38-19(24)3)13-25(37)23-16-34-36(18(23)2)26-5-4-22(15-32-26)28(29,30)31/h4-5,12,14-16,19,21,24H,6-11,13H2,1-3H3. The summed E-state index contributed by atoms with van der Waals surface area (Å²) in [7, 11) is 0. The van der Waals surface area contributed by atoms with Crippen LogP contribution in [0.2, 0.25) is 0 Å². The van der Waals surface area contributed by atoms with Gasteiger partial charge in [0.05, 0.1) is 29.1 Å². The molecule has 2 fully saturated rings. The number of piperidine rings is 1. The molecular formula is C28H32F3N5O2. The topological polar surface area (TPSA) is 73.1 Å². The smallest absolute Gasteiger partial charge is 0.377 e. The maximum atomic E-state index is 13.1. The van der Waals surface area contributed by atoms with E-state index in [2.05, 4.69) is 28.8 Å². The highest BCUT2D eigenvalue weighted by molar-refractivity contribution is 5.98. The van der Waals surface area contributed by atoms with E-state index in [4.69, 9.17) is 9.72 Å². The lowest BCUT2D eigenvalue weighted by Crippen LogP contribution is -2.44. The van der Waals surface area contributed by atoms with Gasteiger partial charge >= 0.3 is 6.18 Å². The first-order valence-corrected chi connectivity index (χ1v) is 13.0. The van der Waals surface area contributed by atoms with Crippen LogP contribution in [-0.2, 0) is 17.3 Å². The van der Waals surface area contributed by atoms with Crippen molar-refractivity contribution in [2.75, 3.05) is 19.7 Å². The fraction of sp³-hybridized carbons (Fsp3) is 0.500. The zero-order valence-corrected chi connectivity index (χ0v) is 21.8. The highest BCUT2D eigenvalue weighted by atomic mass is 19.4. The van der Waals surface area contributed by atoms with Gasteiger partial charge in [0.25, 0.3) is 0 Å². The predicted molar refractivity (Wildman–Crippen MR) is 135 cm³/mol. The molecule has 2 aliphatic heterocycles. The zero-order chi connectivity index (χ0) is 27.0. The van der Waals surface area contributed by atoms with E-state index in [9.17, 15) is 18.0 Å². The van der Waals surface area contributed by atoms with Crippen LogP contribution in [0.5, 0.6) is 0 Å². The molecule has 2 aliphatic rings. The average molecular weight is 528 g/mol. The minimum absolute atomic E-state index is 0.129. The first-order chi connectivity index (χ1) is 18.1. The van der Waals surface area contributed by atoms with E-state index in [0.29, 0.717) is 29.3 Å². The van der Waals surface area contributed by atoms with Crippen LogP contribution in [0.3, 0.4) is 0 Å². The number of carbonyl (C=O) groups is 1. The molecule has 0 bridgehead atoms. The fourth-order valence-corrected chi connectivity index (χ4v) is 5.75. The molecule has 2 atom stereocenters. The van der Waals surface area contributed by atoms with Gasteiger partial charge in [-0.05, 0) is 76.4 Å². The number of halogens is 3. The van der Waals surface area contributed by atoms with E-state index in [0.717, 1.165) is 68.0 Å².